The van der Waals surface area contributed by atoms with Crippen LogP contribution in [-0.2, 0) is 11.2 Å². The maximum absolute atomic E-state index is 11.7. The largest absolute Gasteiger partial charge is 0.349 e. The smallest absolute Gasteiger partial charge is 0.222 e. The molecule has 0 aromatic heterocycles. The van der Waals surface area contributed by atoms with Crippen LogP contribution in [0.4, 0.5) is 0 Å². The van der Waals surface area contributed by atoms with Gasteiger partial charge in [0.15, 0.2) is 0 Å². The van der Waals surface area contributed by atoms with Crippen molar-refractivity contribution >= 4 is 5.91 Å². The van der Waals surface area contributed by atoms with Gasteiger partial charge in [-0.05, 0) is 37.8 Å². The molecular formula is C14H20N2O. The summed E-state index contributed by atoms with van der Waals surface area (Å²) < 4.78 is 0. The van der Waals surface area contributed by atoms with Crippen LogP contribution in [0.3, 0.4) is 0 Å². The zero-order chi connectivity index (χ0) is 12.4. The third-order valence-electron chi connectivity index (χ3n) is 3.22. The number of nitrogens with two attached hydrogens (primary N) is 1. The molecule has 92 valence electrons. The number of carbonyl (C=O) groups excluding carboxylic acids is 1. The van der Waals surface area contributed by atoms with Gasteiger partial charge >= 0.3 is 0 Å². The van der Waals surface area contributed by atoms with Gasteiger partial charge in [-0.2, -0.15) is 0 Å². The minimum atomic E-state index is -0.0751. The fourth-order valence-corrected chi connectivity index (χ4v) is 2.44. The minimum Gasteiger partial charge on any atom is -0.349 e. The Morgan fingerprint density at radius 1 is 1.59 bits per heavy atom. The molecule has 0 bridgehead atoms. The quantitative estimate of drug-likeness (QED) is 0.835. The Morgan fingerprint density at radius 3 is 3.06 bits per heavy atom. The number of hydrogen-bond donors (Lipinski definition) is 2. The van der Waals surface area contributed by atoms with E-state index in [0.717, 1.165) is 12.8 Å². The number of amides is 1. The first kappa shape index (κ1) is 12.1. The second-order valence-corrected chi connectivity index (χ2v) is 5.04. The summed E-state index contributed by atoms with van der Waals surface area (Å²) in [6.45, 7) is 3.95. The van der Waals surface area contributed by atoms with Crippen LogP contribution in [0.1, 0.15) is 42.5 Å². The third-order valence-corrected chi connectivity index (χ3v) is 3.22. The molecule has 0 heterocycles. The van der Waals surface area contributed by atoms with Gasteiger partial charge in [-0.1, -0.05) is 23.8 Å². The number of benzene rings is 1. The van der Waals surface area contributed by atoms with Crippen LogP contribution in [0.2, 0.25) is 0 Å². The highest BCUT2D eigenvalue weighted by molar-refractivity contribution is 5.77. The third kappa shape index (κ3) is 2.86. The molecule has 3 heteroatoms. The van der Waals surface area contributed by atoms with Gasteiger partial charge in [0.1, 0.15) is 0 Å². The monoisotopic (exact) mass is 232 g/mol. The van der Waals surface area contributed by atoms with Crippen LogP contribution in [0.5, 0.6) is 0 Å². The van der Waals surface area contributed by atoms with Crippen LogP contribution in [0.25, 0.3) is 0 Å². The highest BCUT2D eigenvalue weighted by Crippen LogP contribution is 2.31. The van der Waals surface area contributed by atoms with Crippen LogP contribution in [0, 0.1) is 6.92 Å². The maximum atomic E-state index is 11.7. The van der Waals surface area contributed by atoms with Crippen LogP contribution >= 0.6 is 0 Å². The minimum absolute atomic E-state index is 0.0541. The number of nitrogens with one attached hydrogen (secondary N) is 1. The summed E-state index contributed by atoms with van der Waals surface area (Å²) in [5.41, 5.74) is 9.55. The molecule has 0 aliphatic heterocycles. The Balaban J connectivity index is 2.05. The second-order valence-electron chi connectivity index (χ2n) is 5.04. The van der Waals surface area contributed by atoms with Crippen molar-refractivity contribution in [3.8, 4) is 0 Å². The van der Waals surface area contributed by atoms with Crippen LogP contribution in [0.15, 0.2) is 18.2 Å². The van der Waals surface area contributed by atoms with E-state index >= 15 is 0 Å². The van der Waals surface area contributed by atoms with Gasteiger partial charge in [0, 0.05) is 12.5 Å². The summed E-state index contributed by atoms with van der Waals surface area (Å²) in [5, 5.41) is 3.07. The average Bonchev–Trinajstić information content (AvgIpc) is 2.59. The van der Waals surface area contributed by atoms with Crippen LogP contribution < -0.4 is 11.1 Å². The van der Waals surface area contributed by atoms with E-state index in [-0.39, 0.29) is 18.0 Å². The molecule has 1 aliphatic rings. The molecule has 2 atom stereocenters. The van der Waals surface area contributed by atoms with Crippen molar-refractivity contribution in [1.82, 2.24) is 5.32 Å². The topological polar surface area (TPSA) is 55.1 Å². The van der Waals surface area contributed by atoms with E-state index in [4.69, 9.17) is 5.73 Å². The first-order valence-electron chi connectivity index (χ1n) is 6.20. The molecule has 0 saturated carbocycles. The average molecular weight is 232 g/mol. The van der Waals surface area contributed by atoms with E-state index < -0.39 is 0 Å². The lowest BCUT2D eigenvalue weighted by atomic mass is 10.1. The lowest BCUT2D eigenvalue weighted by Crippen LogP contribution is -2.32. The fourth-order valence-electron chi connectivity index (χ4n) is 2.44. The lowest BCUT2D eigenvalue weighted by molar-refractivity contribution is -0.122. The molecule has 1 aromatic rings. The molecule has 0 spiro atoms. The Morgan fingerprint density at radius 2 is 2.35 bits per heavy atom. The van der Waals surface area contributed by atoms with E-state index in [1.165, 1.54) is 16.7 Å². The summed E-state index contributed by atoms with van der Waals surface area (Å²) in [4.78, 5) is 11.7. The molecule has 1 aromatic carbocycles. The van der Waals surface area contributed by atoms with E-state index in [2.05, 4.69) is 30.4 Å². The molecular weight excluding hydrogens is 212 g/mol. The Kier molecular flexibility index (Phi) is 3.48. The standard InChI is InChI=1S/C14H20N2O/c1-9-3-5-12-11(7-9)4-6-13(12)16-14(17)8-10(2)15/h3,5,7,10,13H,4,6,8,15H2,1-2H3,(H,16,17). The van der Waals surface area contributed by atoms with Gasteiger partial charge in [-0.15, -0.1) is 0 Å². The SMILES string of the molecule is Cc1ccc2c(c1)CCC2NC(=O)CC(C)N. The van der Waals surface area contributed by atoms with Gasteiger partial charge in [-0.25, -0.2) is 0 Å². The summed E-state index contributed by atoms with van der Waals surface area (Å²) in [7, 11) is 0. The van der Waals surface area contributed by atoms with E-state index in [1.54, 1.807) is 0 Å². The Hall–Kier alpha value is -1.35. The summed E-state index contributed by atoms with van der Waals surface area (Å²) in [6, 6.07) is 6.56. The zero-order valence-electron chi connectivity index (χ0n) is 10.5. The molecule has 3 nitrogen and oxygen atoms in total. The lowest BCUT2D eigenvalue weighted by Gasteiger charge is -2.15. The number of hydrogen-bond acceptors (Lipinski definition) is 2. The molecule has 17 heavy (non-hydrogen) atoms. The molecule has 2 rings (SSSR count). The number of rotatable bonds is 3. The summed E-state index contributed by atoms with van der Waals surface area (Å²) in [6.07, 6.45) is 2.46. The first-order valence-corrected chi connectivity index (χ1v) is 6.20. The molecule has 1 aliphatic carbocycles. The van der Waals surface area contributed by atoms with Crippen molar-refractivity contribution in [3.63, 3.8) is 0 Å². The van der Waals surface area contributed by atoms with Crippen molar-refractivity contribution in [2.24, 2.45) is 5.73 Å². The van der Waals surface area contributed by atoms with Gasteiger partial charge < -0.3 is 11.1 Å². The first-order chi connectivity index (χ1) is 8.06. The summed E-state index contributed by atoms with van der Waals surface area (Å²) >= 11 is 0. The molecule has 0 fully saturated rings. The number of aryl methyl sites for hydroxylation is 2. The summed E-state index contributed by atoms with van der Waals surface area (Å²) in [5.74, 6) is 0.0541. The predicted molar refractivity (Wildman–Crippen MR) is 68.7 cm³/mol. The molecule has 3 N–H and O–H groups in total. The molecule has 2 unspecified atom stereocenters. The molecule has 0 radical (unpaired) electrons. The van der Waals surface area contributed by atoms with E-state index in [0.29, 0.717) is 6.42 Å². The number of fused-ring (bicyclic) bond motifs is 1. The van der Waals surface area contributed by atoms with E-state index in [1.807, 2.05) is 6.92 Å². The van der Waals surface area contributed by atoms with Gasteiger partial charge in [0.25, 0.3) is 0 Å². The zero-order valence-corrected chi connectivity index (χ0v) is 10.5. The fraction of sp³-hybridized carbons (Fsp3) is 0.500. The van der Waals surface area contributed by atoms with Crippen molar-refractivity contribution in [2.75, 3.05) is 0 Å². The molecule has 0 saturated heterocycles. The Bertz CT molecular complexity index is 426. The normalized spacial score (nSPS) is 19.8. The van der Waals surface area contributed by atoms with Crippen molar-refractivity contribution in [1.29, 1.82) is 0 Å². The van der Waals surface area contributed by atoms with E-state index in [9.17, 15) is 4.79 Å². The highest BCUT2D eigenvalue weighted by Gasteiger charge is 2.23. The molecule has 1 amide bonds. The van der Waals surface area contributed by atoms with Crippen molar-refractivity contribution in [3.05, 3.63) is 34.9 Å². The second kappa shape index (κ2) is 4.88. The van der Waals surface area contributed by atoms with Gasteiger partial charge in [0.05, 0.1) is 6.04 Å². The van der Waals surface area contributed by atoms with Crippen LogP contribution in [-0.4, -0.2) is 11.9 Å². The number of carbonyl (C=O) groups is 1. The Labute approximate surface area is 102 Å². The van der Waals surface area contributed by atoms with Gasteiger partial charge in [0.2, 0.25) is 5.91 Å². The highest BCUT2D eigenvalue weighted by atomic mass is 16.1. The van der Waals surface area contributed by atoms with Crippen molar-refractivity contribution in [2.45, 2.75) is 45.2 Å². The maximum Gasteiger partial charge on any atom is 0.222 e. The van der Waals surface area contributed by atoms with Gasteiger partial charge in [-0.3, -0.25) is 4.79 Å². The van der Waals surface area contributed by atoms with Crippen molar-refractivity contribution < 1.29 is 4.79 Å². The predicted octanol–water partition coefficient (Wildman–Crippen LogP) is 1.84.